The highest BCUT2D eigenvalue weighted by Crippen LogP contribution is 2.29. The van der Waals surface area contributed by atoms with Crippen molar-refractivity contribution in [1.29, 1.82) is 0 Å². The molecule has 0 fully saturated rings. The minimum atomic E-state index is -3.49. The number of fused-ring (bicyclic) bond motifs is 1. The summed E-state index contributed by atoms with van der Waals surface area (Å²) >= 11 is 0. The fourth-order valence-corrected chi connectivity index (χ4v) is 4.11. The zero-order chi connectivity index (χ0) is 15.6. The zero-order valence-electron chi connectivity index (χ0n) is 12.5. The molecule has 0 bridgehead atoms. The van der Waals surface area contributed by atoms with Crippen LogP contribution in [0.4, 0.5) is 0 Å². The van der Waals surface area contributed by atoms with Crippen molar-refractivity contribution in [3.63, 3.8) is 0 Å². The molecular weight excluding hydrogens is 298 g/mol. The first-order valence-electron chi connectivity index (χ1n) is 7.41. The molecule has 5 heteroatoms. The molecule has 4 nitrogen and oxygen atoms in total. The standard InChI is InChI=1S/C17H19NO3S/c1-2-18(13-14-6-4-3-5-7-14)22(19,20)16-8-9-17-15(12-16)10-11-21-17/h3-9,12H,2,10-11,13H2,1H3. The molecule has 0 amide bonds. The number of sulfonamides is 1. The Morgan fingerprint density at radius 3 is 2.64 bits per heavy atom. The quantitative estimate of drug-likeness (QED) is 0.852. The van der Waals surface area contributed by atoms with E-state index in [4.69, 9.17) is 4.74 Å². The molecule has 0 saturated heterocycles. The molecule has 0 saturated carbocycles. The van der Waals surface area contributed by atoms with E-state index in [1.165, 1.54) is 4.31 Å². The third-order valence-electron chi connectivity index (χ3n) is 3.85. The van der Waals surface area contributed by atoms with Crippen molar-refractivity contribution >= 4 is 10.0 Å². The van der Waals surface area contributed by atoms with Gasteiger partial charge in [0.1, 0.15) is 5.75 Å². The minimum absolute atomic E-state index is 0.342. The molecular formula is C17H19NO3S. The highest BCUT2D eigenvalue weighted by atomic mass is 32.2. The largest absolute Gasteiger partial charge is 0.493 e. The molecule has 2 aromatic carbocycles. The van der Waals surface area contributed by atoms with Crippen molar-refractivity contribution in [3.8, 4) is 5.75 Å². The highest BCUT2D eigenvalue weighted by Gasteiger charge is 2.25. The smallest absolute Gasteiger partial charge is 0.243 e. The van der Waals surface area contributed by atoms with Crippen LogP contribution in [-0.2, 0) is 23.0 Å². The predicted octanol–water partition coefficient (Wildman–Crippen LogP) is 2.83. The molecule has 0 spiro atoms. The molecule has 0 aromatic heterocycles. The van der Waals surface area contributed by atoms with Gasteiger partial charge in [-0.05, 0) is 29.3 Å². The van der Waals surface area contributed by atoms with E-state index in [1.807, 2.05) is 37.3 Å². The number of nitrogens with zero attached hydrogens (tertiary/aromatic N) is 1. The SMILES string of the molecule is CCN(Cc1ccccc1)S(=O)(=O)c1ccc2c(c1)CCO2. The third-order valence-corrected chi connectivity index (χ3v) is 5.77. The van der Waals surface area contributed by atoms with Crippen LogP contribution in [0.3, 0.4) is 0 Å². The van der Waals surface area contributed by atoms with E-state index in [2.05, 4.69) is 0 Å². The molecule has 116 valence electrons. The van der Waals surface area contributed by atoms with Crippen LogP contribution in [0.5, 0.6) is 5.75 Å². The molecule has 3 rings (SSSR count). The van der Waals surface area contributed by atoms with Crippen LogP contribution in [0.15, 0.2) is 53.4 Å². The Morgan fingerprint density at radius 2 is 1.91 bits per heavy atom. The number of hydrogen-bond donors (Lipinski definition) is 0. The van der Waals surface area contributed by atoms with Crippen molar-refractivity contribution in [1.82, 2.24) is 4.31 Å². The molecule has 0 unspecified atom stereocenters. The van der Waals surface area contributed by atoms with Gasteiger partial charge in [0, 0.05) is 19.5 Å². The van der Waals surface area contributed by atoms with Gasteiger partial charge in [-0.2, -0.15) is 4.31 Å². The van der Waals surface area contributed by atoms with Gasteiger partial charge >= 0.3 is 0 Å². The number of ether oxygens (including phenoxy) is 1. The predicted molar refractivity (Wildman–Crippen MR) is 85.4 cm³/mol. The van der Waals surface area contributed by atoms with Gasteiger partial charge in [0.25, 0.3) is 0 Å². The topological polar surface area (TPSA) is 46.6 Å². The molecule has 22 heavy (non-hydrogen) atoms. The lowest BCUT2D eigenvalue weighted by atomic mass is 10.2. The van der Waals surface area contributed by atoms with Gasteiger partial charge in [-0.25, -0.2) is 8.42 Å². The summed E-state index contributed by atoms with van der Waals surface area (Å²) in [5.41, 5.74) is 1.95. The van der Waals surface area contributed by atoms with Crippen LogP contribution in [0.1, 0.15) is 18.1 Å². The summed E-state index contributed by atoms with van der Waals surface area (Å²) < 4.78 is 32.6. The van der Waals surface area contributed by atoms with Crippen molar-refractivity contribution < 1.29 is 13.2 Å². The molecule has 2 aromatic rings. The van der Waals surface area contributed by atoms with E-state index in [9.17, 15) is 8.42 Å². The van der Waals surface area contributed by atoms with Gasteiger partial charge < -0.3 is 4.74 Å². The summed E-state index contributed by atoms with van der Waals surface area (Å²) in [5, 5.41) is 0. The number of hydrogen-bond acceptors (Lipinski definition) is 3. The van der Waals surface area contributed by atoms with Crippen LogP contribution in [0, 0.1) is 0 Å². The normalized spacial score (nSPS) is 13.9. The van der Waals surface area contributed by atoms with Gasteiger partial charge in [0.15, 0.2) is 0 Å². The fourth-order valence-electron chi connectivity index (χ4n) is 2.63. The van der Waals surface area contributed by atoms with Gasteiger partial charge in [0.2, 0.25) is 10.0 Å². The Balaban J connectivity index is 1.90. The van der Waals surface area contributed by atoms with Crippen LogP contribution in [0.2, 0.25) is 0 Å². The third kappa shape index (κ3) is 2.87. The van der Waals surface area contributed by atoms with E-state index in [1.54, 1.807) is 18.2 Å². The summed E-state index contributed by atoms with van der Waals surface area (Å²) in [6.45, 7) is 3.30. The van der Waals surface area contributed by atoms with Crippen molar-refractivity contribution in [2.24, 2.45) is 0 Å². The molecule has 0 radical (unpaired) electrons. The van der Waals surface area contributed by atoms with E-state index in [0.717, 1.165) is 23.3 Å². The van der Waals surface area contributed by atoms with Crippen LogP contribution in [0.25, 0.3) is 0 Å². The van der Waals surface area contributed by atoms with E-state index >= 15 is 0 Å². The van der Waals surface area contributed by atoms with Gasteiger partial charge in [-0.3, -0.25) is 0 Å². The molecule has 1 aliphatic heterocycles. The zero-order valence-corrected chi connectivity index (χ0v) is 13.3. The molecule has 1 heterocycles. The lowest BCUT2D eigenvalue weighted by molar-refractivity contribution is 0.356. The van der Waals surface area contributed by atoms with E-state index < -0.39 is 10.0 Å². The average molecular weight is 317 g/mol. The second kappa shape index (κ2) is 6.10. The van der Waals surface area contributed by atoms with E-state index in [0.29, 0.717) is 24.6 Å². The highest BCUT2D eigenvalue weighted by molar-refractivity contribution is 7.89. The summed E-state index contributed by atoms with van der Waals surface area (Å²) in [6.07, 6.45) is 0.767. The Labute approximate surface area is 131 Å². The molecule has 1 aliphatic rings. The number of rotatable bonds is 5. The molecule has 0 atom stereocenters. The monoisotopic (exact) mass is 317 g/mol. The van der Waals surface area contributed by atoms with E-state index in [-0.39, 0.29) is 0 Å². The second-order valence-electron chi connectivity index (χ2n) is 5.28. The summed E-state index contributed by atoms with van der Waals surface area (Å²) in [5.74, 6) is 0.796. The van der Waals surface area contributed by atoms with Crippen molar-refractivity contribution in [3.05, 3.63) is 59.7 Å². The summed E-state index contributed by atoms with van der Waals surface area (Å²) in [4.78, 5) is 0.342. The Bertz CT molecular complexity index is 757. The van der Waals surface area contributed by atoms with Crippen LogP contribution < -0.4 is 4.74 Å². The lowest BCUT2D eigenvalue weighted by Gasteiger charge is -2.21. The molecule has 0 N–H and O–H groups in total. The summed E-state index contributed by atoms with van der Waals surface area (Å²) in [7, 11) is -3.49. The average Bonchev–Trinajstić information content (AvgIpc) is 3.01. The first-order valence-corrected chi connectivity index (χ1v) is 8.85. The molecule has 0 aliphatic carbocycles. The van der Waals surface area contributed by atoms with Crippen LogP contribution >= 0.6 is 0 Å². The Morgan fingerprint density at radius 1 is 1.14 bits per heavy atom. The summed E-state index contributed by atoms with van der Waals surface area (Å²) in [6, 6.07) is 14.8. The van der Waals surface area contributed by atoms with Crippen molar-refractivity contribution in [2.45, 2.75) is 24.8 Å². The van der Waals surface area contributed by atoms with Gasteiger partial charge in [-0.15, -0.1) is 0 Å². The Kier molecular flexibility index (Phi) is 4.18. The fraction of sp³-hybridized carbons (Fsp3) is 0.294. The van der Waals surface area contributed by atoms with Gasteiger partial charge in [0.05, 0.1) is 11.5 Å². The first kappa shape index (κ1) is 15.1. The maximum atomic E-state index is 12.9. The lowest BCUT2D eigenvalue weighted by Crippen LogP contribution is -2.30. The second-order valence-corrected chi connectivity index (χ2v) is 7.22. The minimum Gasteiger partial charge on any atom is -0.493 e. The number of benzene rings is 2. The Hall–Kier alpha value is -1.85. The maximum absolute atomic E-state index is 12.9. The first-order chi connectivity index (χ1) is 10.6. The van der Waals surface area contributed by atoms with Crippen LogP contribution in [-0.4, -0.2) is 25.9 Å². The maximum Gasteiger partial charge on any atom is 0.243 e. The van der Waals surface area contributed by atoms with Crippen molar-refractivity contribution in [2.75, 3.05) is 13.2 Å². The van der Waals surface area contributed by atoms with Gasteiger partial charge in [-0.1, -0.05) is 37.3 Å².